The third-order valence-corrected chi connectivity index (χ3v) is 3.22. The highest BCUT2D eigenvalue weighted by Gasteiger charge is 2.04. The molecule has 1 aromatic carbocycles. The molecular formula is C17H21N3O2. The van der Waals surface area contributed by atoms with Gasteiger partial charge in [-0.05, 0) is 36.6 Å². The van der Waals surface area contributed by atoms with Crippen LogP contribution in [0, 0.1) is 13.8 Å². The van der Waals surface area contributed by atoms with Crippen molar-refractivity contribution < 1.29 is 9.53 Å². The minimum atomic E-state index is -0.214. The van der Waals surface area contributed by atoms with Crippen molar-refractivity contribution in [3.8, 4) is 5.75 Å². The standard InChI is InChI=1S/C17H21N3O2/c1-13-5-3-6-14(2)16(13)22-10-9-19-17(21)20-12-15-7-4-8-18-11-15/h3-8,11H,9-10,12H2,1-2H3,(H2,19,20,21). The average molecular weight is 299 g/mol. The van der Waals surface area contributed by atoms with E-state index in [1.54, 1.807) is 12.4 Å². The molecule has 22 heavy (non-hydrogen) atoms. The molecule has 2 rings (SSSR count). The molecule has 0 radical (unpaired) electrons. The highest BCUT2D eigenvalue weighted by molar-refractivity contribution is 5.73. The van der Waals surface area contributed by atoms with Crippen molar-refractivity contribution in [3.05, 3.63) is 59.4 Å². The van der Waals surface area contributed by atoms with Crippen molar-refractivity contribution >= 4 is 6.03 Å². The molecule has 0 aliphatic carbocycles. The van der Waals surface area contributed by atoms with Crippen LogP contribution in [0.3, 0.4) is 0 Å². The van der Waals surface area contributed by atoms with E-state index in [4.69, 9.17) is 4.74 Å². The van der Waals surface area contributed by atoms with E-state index in [0.717, 1.165) is 22.4 Å². The number of nitrogens with one attached hydrogen (secondary N) is 2. The van der Waals surface area contributed by atoms with Crippen LogP contribution in [0.5, 0.6) is 5.75 Å². The van der Waals surface area contributed by atoms with Gasteiger partial charge in [0.15, 0.2) is 0 Å². The zero-order valence-electron chi connectivity index (χ0n) is 12.9. The number of para-hydroxylation sites is 1. The Bertz CT molecular complexity index is 594. The first-order chi connectivity index (χ1) is 10.7. The summed E-state index contributed by atoms with van der Waals surface area (Å²) in [6, 6.07) is 9.56. The number of carbonyl (C=O) groups excluding carboxylic acids is 1. The minimum Gasteiger partial charge on any atom is -0.491 e. The molecule has 0 saturated heterocycles. The van der Waals surface area contributed by atoms with Crippen LogP contribution in [0.2, 0.25) is 0 Å². The molecule has 0 aliphatic heterocycles. The zero-order chi connectivity index (χ0) is 15.8. The van der Waals surface area contributed by atoms with Crippen LogP contribution in [0.1, 0.15) is 16.7 Å². The van der Waals surface area contributed by atoms with Gasteiger partial charge in [-0.3, -0.25) is 4.98 Å². The van der Waals surface area contributed by atoms with Gasteiger partial charge in [-0.2, -0.15) is 0 Å². The second-order valence-electron chi connectivity index (χ2n) is 5.04. The maximum Gasteiger partial charge on any atom is 0.315 e. The number of aromatic nitrogens is 1. The normalized spacial score (nSPS) is 10.1. The van der Waals surface area contributed by atoms with Crippen molar-refractivity contribution in [2.24, 2.45) is 0 Å². The molecule has 5 heteroatoms. The Kier molecular flexibility index (Phi) is 5.77. The number of pyridine rings is 1. The van der Waals surface area contributed by atoms with Gasteiger partial charge in [-0.25, -0.2) is 4.79 Å². The van der Waals surface area contributed by atoms with Crippen LogP contribution in [0.15, 0.2) is 42.7 Å². The first-order valence-corrected chi connectivity index (χ1v) is 7.26. The van der Waals surface area contributed by atoms with Crippen LogP contribution in [0.25, 0.3) is 0 Å². The number of nitrogens with zero attached hydrogens (tertiary/aromatic N) is 1. The van der Waals surface area contributed by atoms with E-state index in [9.17, 15) is 4.79 Å². The van der Waals surface area contributed by atoms with Crippen LogP contribution in [-0.4, -0.2) is 24.2 Å². The van der Waals surface area contributed by atoms with Crippen molar-refractivity contribution in [2.75, 3.05) is 13.2 Å². The molecule has 1 heterocycles. The predicted molar refractivity (Wildman–Crippen MR) is 85.9 cm³/mol. The number of hydrogen-bond donors (Lipinski definition) is 2. The summed E-state index contributed by atoms with van der Waals surface area (Å²) < 4.78 is 5.73. The molecule has 2 amide bonds. The third-order valence-electron chi connectivity index (χ3n) is 3.22. The Morgan fingerprint density at radius 3 is 2.59 bits per heavy atom. The van der Waals surface area contributed by atoms with Gasteiger partial charge in [0.2, 0.25) is 0 Å². The molecule has 5 nitrogen and oxygen atoms in total. The van der Waals surface area contributed by atoms with Crippen LogP contribution >= 0.6 is 0 Å². The van der Waals surface area contributed by atoms with Crippen molar-refractivity contribution in [2.45, 2.75) is 20.4 Å². The monoisotopic (exact) mass is 299 g/mol. The quantitative estimate of drug-likeness (QED) is 0.806. The summed E-state index contributed by atoms with van der Waals surface area (Å²) >= 11 is 0. The van der Waals surface area contributed by atoms with Crippen molar-refractivity contribution in [1.29, 1.82) is 0 Å². The summed E-state index contributed by atoms with van der Waals surface area (Å²) in [6.07, 6.45) is 3.43. The summed E-state index contributed by atoms with van der Waals surface area (Å²) in [7, 11) is 0. The second kappa shape index (κ2) is 8.02. The lowest BCUT2D eigenvalue weighted by Crippen LogP contribution is -2.37. The van der Waals surface area contributed by atoms with Crippen molar-refractivity contribution in [1.82, 2.24) is 15.6 Å². The van der Waals surface area contributed by atoms with E-state index >= 15 is 0 Å². The Balaban J connectivity index is 1.67. The fraction of sp³-hybridized carbons (Fsp3) is 0.294. The number of carbonyl (C=O) groups is 1. The van der Waals surface area contributed by atoms with Crippen LogP contribution < -0.4 is 15.4 Å². The highest BCUT2D eigenvalue weighted by atomic mass is 16.5. The smallest absolute Gasteiger partial charge is 0.315 e. The summed E-state index contributed by atoms with van der Waals surface area (Å²) in [5, 5.41) is 5.54. The molecule has 1 aromatic heterocycles. The molecule has 0 saturated carbocycles. The highest BCUT2D eigenvalue weighted by Crippen LogP contribution is 2.21. The molecule has 116 valence electrons. The first-order valence-electron chi connectivity index (χ1n) is 7.26. The fourth-order valence-electron chi connectivity index (χ4n) is 2.09. The Morgan fingerprint density at radius 1 is 1.14 bits per heavy atom. The summed E-state index contributed by atoms with van der Waals surface area (Å²) in [5.74, 6) is 0.889. The molecule has 0 fully saturated rings. The van der Waals surface area contributed by atoms with E-state index in [1.807, 2.05) is 44.2 Å². The van der Waals surface area contributed by atoms with E-state index < -0.39 is 0 Å². The Morgan fingerprint density at radius 2 is 1.91 bits per heavy atom. The van der Waals surface area contributed by atoms with Gasteiger partial charge >= 0.3 is 6.03 Å². The van der Waals surface area contributed by atoms with Gasteiger partial charge in [-0.1, -0.05) is 24.3 Å². The predicted octanol–water partition coefficient (Wildman–Crippen LogP) is 2.58. The molecular weight excluding hydrogens is 278 g/mol. The lowest BCUT2D eigenvalue weighted by molar-refractivity contribution is 0.236. The fourth-order valence-corrected chi connectivity index (χ4v) is 2.09. The molecule has 0 spiro atoms. The van der Waals surface area contributed by atoms with Crippen molar-refractivity contribution in [3.63, 3.8) is 0 Å². The van der Waals surface area contributed by atoms with E-state index in [0.29, 0.717) is 19.7 Å². The minimum absolute atomic E-state index is 0.214. The van der Waals surface area contributed by atoms with Gasteiger partial charge in [0.25, 0.3) is 0 Å². The molecule has 0 bridgehead atoms. The summed E-state index contributed by atoms with van der Waals surface area (Å²) in [5.41, 5.74) is 3.16. The van der Waals surface area contributed by atoms with Crippen LogP contribution in [-0.2, 0) is 6.54 Å². The lowest BCUT2D eigenvalue weighted by atomic mass is 10.1. The Labute approximate surface area is 130 Å². The maximum atomic E-state index is 11.7. The number of hydrogen-bond acceptors (Lipinski definition) is 3. The van der Waals surface area contributed by atoms with Gasteiger partial charge in [0, 0.05) is 18.9 Å². The number of amides is 2. The SMILES string of the molecule is Cc1cccc(C)c1OCCNC(=O)NCc1cccnc1. The van der Waals surface area contributed by atoms with E-state index in [2.05, 4.69) is 15.6 Å². The van der Waals surface area contributed by atoms with Gasteiger partial charge in [-0.15, -0.1) is 0 Å². The molecule has 2 N–H and O–H groups in total. The zero-order valence-corrected chi connectivity index (χ0v) is 12.9. The summed E-state index contributed by atoms with van der Waals surface area (Å²) in [4.78, 5) is 15.7. The van der Waals surface area contributed by atoms with Gasteiger partial charge in [0.1, 0.15) is 12.4 Å². The largest absolute Gasteiger partial charge is 0.491 e. The van der Waals surface area contributed by atoms with Crippen LogP contribution in [0.4, 0.5) is 4.79 Å². The molecule has 0 aliphatic rings. The molecule has 0 atom stereocenters. The van der Waals surface area contributed by atoms with Gasteiger partial charge < -0.3 is 15.4 Å². The lowest BCUT2D eigenvalue weighted by Gasteiger charge is -2.12. The molecule has 2 aromatic rings. The van der Waals surface area contributed by atoms with Gasteiger partial charge in [0.05, 0.1) is 6.54 Å². The Hall–Kier alpha value is -2.56. The van der Waals surface area contributed by atoms with E-state index in [1.165, 1.54) is 0 Å². The van der Waals surface area contributed by atoms with E-state index in [-0.39, 0.29) is 6.03 Å². The molecule has 0 unspecified atom stereocenters. The third kappa shape index (κ3) is 4.77. The number of ether oxygens (including phenoxy) is 1. The maximum absolute atomic E-state index is 11.7. The second-order valence-corrected chi connectivity index (χ2v) is 5.04. The first kappa shape index (κ1) is 15.8. The number of urea groups is 1. The average Bonchev–Trinajstić information content (AvgIpc) is 2.53. The summed E-state index contributed by atoms with van der Waals surface area (Å²) in [6.45, 7) is 5.36. The number of rotatable bonds is 6. The number of benzene rings is 1. The topological polar surface area (TPSA) is 63.2 Å². The number of aryl methyl sites for hydroxylation is 2.